The zero-order valence-corrected chi connectivity index (χ0v) is 18.8. The fourth-order valence-corrected chi connectivity index (χ4v) is 4.47. The summed E-state index contributed by atoms with van der Waals surface area (Å²) >= 11 is 0. The Labute approximate surface area is 187 Å². The lowest BCUT2D eigenvalue weighted by Crippen LogP contribution is -2.39. The standard InChI is InChI=1S/C27H33N3O/c1-3-4-5-9-27(24-10-11-25(19-29)21(2)16-24)30-14-12-26(13-15-30)31-20-23-8-6-7-22(17-23)18-28/h6-8,10-11,16-17,26-27H,3-5,9,12-15,20H2,1-2H3. The molecule has 2 aromatic carbocycles. The minimum atomic E-state index is 0.265. The summed E-state index contributed by atoms with van der Waals surface area (Å²) in [6.07, 6.45) is 7.18. The zero-order chi connectivity index (χ0) is 22.1. The number of unbranched alkanes of at least 4 members (excludes halogenated alkanes) is 2. The first-order valence-corrected chi connectivity index (χ1v) is 11.5. The van der Waals surface area contributed by atoms with Crippen molar-refractivity contribution in [3.05, 3.63) is 70.3 Å². The second-order valence-corrected chi connectivity index (χ2v) is 8.56. The van der Waals surface area contributed by atoms with Gasteiger partial charge in [-0.15, -0.1) is 0 Å². The molecule has 1 aliphatic heterocycles. The highest BCUT2D eigenvalue weighted by atomic mass is 16.5. The molecule has 0 bridgehead atoms. The molecule has 31 heavy (non-hydrogen) atoms. The van der Waals surface area contributed by atoms with Crippen LogP contribution in [-0.2, 0) is 11.3 Å². The molecular formula is C27H33N3O. The van der Waals surface area contributed by atoms with E-state index >= 15 is 0 Å². The van der Waals surface area contributed by atoms with Gasteiger partial charge in [0.1, 0.15) is 0 Å². The summed E-state index contributed by atoms with van der Waals surface area (Å²) in [6.45, 7) is 6.90. The summed E-state index contributed by atoms with van der Waals surface area (Å²) in [4.78, 5) is 2.60. The highest BCUT2D eigenvalue weighted by Crippen LogP contribution is 2.31. The van der Waals surface area contributed by atoms with Gasteiger partial charge in [0.2, 0.25) is 0 Å². The van der Waals surface area contributed by atoms with Gasteiger partial charge >= 0.3 is 0 Å². The van der Waals surface area contributed by atoms with Crippen molar-refractivity contribution in [1.82, 2.24) is 4.90 Å². The maximum absolute atomic E-state index is 9.27. The van der Waals surface area contributed by atoms with E-state index in [-0.39, 0.29) is 6.10 Å². The Hall–Kier alpha value is -2.66. The van der Waals surface area contributed by atoms with Gasteiger partial charge in [-0.05, 0) is 61.1 Å². The first-order valence-electron chi connectivity index (χ1n) is 11.5. The van der Waals surface area contributed by atoms with E-state index in [1.165, 1.54) is 24.8 Å². The predicted molar refractivity (Wildman–Crippen MR) is 123 cm³/mol. The molecule has 0 aliphatic carbocycles. The SMILES string of the molecule is CCCCCC(c1ccc(C#N)c(C)c1)N1CCC(OCc2cccc(C#N)c2)CC1. The fraction of sp³-hybridized carbons (Fsp3) is 0.481. The van der Waals surface area contributed by atoms with Crippen LogP contribution in [0.25, 0.3) is 0 Å². The molecule has 1 fully saturated rings. The number of ether oxygens (including phenoxy) is 1. The molecule has 4 heteroatoms. The Morgan fingerprint density at radius 2 is 1.87 bits per heavy atom. The van der Waals surface area contributed by atoms with Gasteiger partial charge in [-0.3, -0.25) is 4.90 Å². The van der Waals surface area contributed by atoms with Crippen LogP contribution in [-0.4, -0.2) is 24.1 Å². The van der Waals surface area contributed by atoms with Crippen molar-refractivity contribution in [2.45, 2.75) is 71.1 Å². The van der Waals surface area contributed by atoms with E-state index in [1.807, 2.05) is 37.3 Å². The summed E-state index contributed by atoms with van der Waals surface area (Å²) in [5, 5.41) is 18.3. The molecule has 0 aromatic heterocycles. The number of hydrogen-bond acceptors (Lipinski definition) is 4. The summed E-state index contributed by atoms with van der Waals surface area (Å²) in [5.41, 5.74) is 4.91. The van der Waals surface area contributed by atoms with Crippen LogP contribution in [0.1, 0.15) is 79.3 Å². The van der Waals surface area contributed by atoms with Crippen LogP contribution in [0.4, 0.5) is 0 Å². The van der Waals surface area contributed by atoms with Crippen LogP contribution in [0.2, 0.25) is 0 Å². The quantitative estimate of drug-likeness (QED) is 0.468. The molecule has 1 atom stereocenters. The molecule has 3 rings (SSSR count). The van der Waals surface area contributed by atoms with Gasteiger partial charge in [0.25, 0.3) is 0 Å². The maximum atomic E-state index is 9.27. The van der Waals surface area contributed by atoms with Crippen molar-refractivity contribution in [3.8, 4) is 12.1 Å². The monoisotopic (exact) mass is 415 g/mol. The van der Waals surface area contributed by atoms with E-state index in [4.69, 9.17) is 10.00 Å². The van der Waals surface area contributed by atoms with Gasteiger partial charge in [-0.1, -0.05) is 50.5 Å². The van der Waals surface area contributed by atoms with E-state index in [2.05, 4.69) is 36.1 Å². The lowest BCUT2D eigenvalue weighted by molar-refractivity contribution is -0.0124. The summed E-state index contributed by atoms with van der Waals surface area (Å²) < 4.78 is 6.18. The highest BCUT2D eigenvalue weighted by molar-refractivity contribution is 5.40. The van der Waals surface area contributed by atoms with Crippen LogP contribution in [0, 0.1) is 29.6 Å². The molecule has 1 saturated heterocycles. The largest absolute Gasteiger partial charge is 0.373 e. The second kappa shape index (κ2) is 11.7. The molecule has 162 valence electrons. The Balaban J connectivity index is 1.60. The Morgan fingerprint density at radius 1 is 1.06 bits per heavy atom. The number of likely N-dealkylation sites (tertiary alicyclic amines) is 1. The molecule has 1 unspecified atom stereocenters. The topological polar surface area (TPSA) is 60.1 Å². The van der Waals surface area contributed by atoms with Crippen molar-refractivity contribution >= 4 is 0 Å². The molecule has 2 aromatic rings. The molecule has 0 N–H and O–H groups in total. The Morgan fingerprint density at radius 3 is 2.55 bits per heavy atom. The van der Waals surface area contributed by atoms with E-state index in [0.29, 0.717) is 18.2 Å². The molecular weight excluding hydrogens is 382 g/mol. The van der Waals surface area contributed by atoms with Gasteiger partial charge in [-0.25, -0.2) is 0 Å². The fourth-order valence-electron chi connectivity index (χ4n) is 4.47. The van der Waals surface area contributed by atoms with Crippen molar-refractivity contribution in [3.63, 3.8) is 0 Å². The zero-order valence-electron chi connectivity index (χ0n) is 18.8. The van der Waals surface area contributed by atoms with Crippen molar-refractivity contribution in [2.24, 2.45) is 0 Å². The molecule has 4 nitrogen and oxygen atoms in total. The predicted octanol–water partition coefficient (Wildman–Crippen LogP) is 6.04. The Kier molecular flexibility index (Phi) is 8.65. The molecule has 0 saturated carbocycles. The molecule has 1 aliphatic rings. The molecule has 0 radical (unpaired) electrons. The number of benzene rings is 2. The van der Waals surface area contributed by atoms with Crippen molar-refractivity contribution in [2.75, 3.05) is 13.1 Å². The number of rotatable bonds is 9. The summed E-state index contributed by atoms with van der Waals surface area (Å²) in [7, 11) is 0. The minimum absolute atomic E-state index is 0.265. The van der Waals surface area contributed by atoms with E-state index in [0.717, 1.165) is 49.0 Å². The van der Waals surface area contributed by atoms with Crippen LogP contribution in [0.3, 0.4) is 0 Å². The first kappa shape index (κ1) is 23.0. The van der Waals surface area contributed by atoms with E-state index < -0.39 is 0 Å². The molecule has 0 amide bonds. The van der Waals surface area contributed by atoms with E-state index in [1.54, 1.807) is 0 Å². The van der Waals surface area contributed by atoms with Gasteiger partial charge in [0, 0.05) is 19.1 Å². The number of nitriles is 2. The molecule has 1 heterocycles. The third kappa shape index (κ3) is 6.41. The van der Waals surface area contributed by atoms with Gasteiger partial charge in [0.15, 0.2) is 0 Å². The number of hydrogen-bond donors (Lipinski definition) is 0. The molecule has 0 spiro atoms. The van der Waals surface area contributed by atoms with Crippen molar-refractivity contribution in [1.29, 1.82) is 10.5 Å². The second-order valence-electron chi connectivity index (χ2n) is 8.56. The van der Waals surface area contributed by atoms with Crippen LogP contribution in [0.15, 0.2) is 42.5 Å². The lowest BCUT2D eigenvalue weighted by Gasteiger charge is -2.38. The van der Waals surface area contributed by atoms with Crippen molar-refractivity contribution < 1.29 is 4.74 Å². The minimum Gasteiger partial charge on any atom is -0.373 e. The van der Waals surface area contributed by atoms with Gasteiger partial charge < -0.3 is 4.74 Å². The third-order valence-electron chi connectivity index (χ3n) is 6.30. The Bertz CT molecular complexity index is 932. The van der Waals surface area contributed by atoms with Gasteiger partial charge in [0.05, 0.1) is 36.0 Å². The first-order chi connectivity index (χ1) is 15.1. The number of piperidine rings is 1. The smallest absolute Gasteiger partial charge is 0.0994 e. The lowest BCUT2D eigenvalue weighted by atomic mass is 9.93. The summed E-state index contributed by atoms with van der Waals surface area (Å²) in [6, 6.07) is 18.9. The normalized spacial score (nSPS) is 15.9. The van der Waals surface area contributed by atoms with E-state index in [9.17, 15) is 5.26 Å². The summed E-state index contributed by atoms with van der Waals surface area (Å²) in [5.74, 6) is 0. The van der Waals surface area contributed by atoms with Crippen LogP contribution < -0.4 is 0 Å². The average molecular weight is 416 g/mol. The highest BCUT2D eigenvalue weighted by Gasteiger charge is 2.26. The van der Waals surface area contributed by atoms with Crippen LogP contribution in [0.5, 0.6) is 0 Å². The average Bonchev–Trinajstić information content (AvgIpc) is 2.81. The maximum Gasteiger partial charge on any atom is 0.0994 e. The van der Waals surface area contributed by atoms with Crippen LogP contribution >= 0.6 is 0 Å². The number of aryl methyl sites for hydroxylation is 1. The number of nitrogens with zero attached hydrogens (tertiary/aromatic N) is 3. The third-order valence-corrected chi connectivity index (χ3v) is 6.30. The van der Waals surface area contributed by atoms with Gasteiger partial charge in [-0.2, -0.15) is 10.5 Å².